The standard InChI is InChI=1S/C26H20BrClN2O4/c1-15-7-9-22(16(2)11-15)30-25(32)20(24(31)29-26(30)33)13-18-12-19(27)8-10-23(18)34-14-17-5-3-4-6-21(17)28/h3-13H,14H2,1-2H3,(H,29,31,33)/b20-13+. The second-order valence-electron chi connectivity index (χ2n) is 7.81. The van der Waals surface area contributed by atoms with E-state index in [0.717, 1.165) is 26.1 Å². The van der Waals surface area contributed by atoms with Crippen LogP contribution in [0.5, 0.6) is 5.75 Å². The molecule has 1 aliphatic rings. The average Bonchev–Trinajstić information content (AvgIpc) is 2.78. The summed E-state index contributed by atoms with van der Waals surface area (Å²) >= 11 is 9.64. The summed E-state index contributed by atoms with van der Waals surface area (Å²) in [6.45, 7) is 3.92. The van der Waals surface area contributed by atoms with Crippen LogP contribution in [0.25, 0.3) is 6.08 Å². The number of carbonyl (C=O) groups is 3. The predicted octanol–water partition coefficient (Wildman–Crippen LogP) is 5.96. The molecule has 0 unspecified atom stereocenters. The number of nitrogens with one attached hydrogen (secondary N) is 1. The van der Waals surface area contributed by atoms with Gasteiger partial charge in [-0.25, -0.2) is 9.69 Å². The summed E-state index contributed by atoms with van der Waals surface area (Å²) in [5.74, 6) is -1.03. The maximum Gasteiger partial charge on any atom is 0.335 e. The lowest BCUT2D eigenvalue weighted by Crippen LogP contribution is -2.54. The molecule has 0 radical (unpaired) electrons. The number of amides is 4. The number of carbonyl (C=O) groups excluding carboxylic acids is 3. The minimum atomic E-state index is -0.788. The Kier molecular flexibility index (Phi) is 6.86. The van der Waals surface area contributed by atoms with Crippen LogP contribution in [0.4, 0.5) is 10.5 Å². The van der Waals surface area contributed by atoms with Gasteiger partial charge in [0.2, 0.25) is 0 Å². The zero-order chi connectivity index (χ0) is 24.4. The van der Waals surface area contributed by atoms with Crippen LogP contribution in [-0.2, 0) is 16.2 Å². The van der Waals surface area contributed by atoms with Crippen LogP contribution in [0.3, 0.4) is 0 Å². The molecule has 34 heavy (non-hydrogen) atoms. The third-order valence-electron chi connectivity index (χ3n) is 5.31. The highest BCUT2D eigenvalue weighted by molar-refractivity contribution is 9.10. The highest BCUT2D eigenvalue weighted by Crippen LogP contribution is 2.30. The number of ether oxygens (including phenoxy) is 1. The van der Waals surface area contributed by atoms with Gasteiger partial charge in [-0.2, -0.15) is 0 Å². The van der Waals surface area contributed by atoms with Gasteiger partial charge in [0.15, 0.2) is 0 Å². The third-order valence-corrected chi connectivity index (χ3v) is 6.17. The number of benzene rings is 3. The third kappa shape index (κ3) is 4.90. The number of rotatable bonds is 5. The Morgan fingerprint density at radius 2 is 1.79 bits per heavy atom. The van der Waals surface area contributed by atoms with Crippen LogP contribution in [0.2, 0.25) is 5.02 Å². The van der Waals surface area contributed by atoms with Crippen LogP contribution in [-0.4, -0.2) is 17.8 Å². The molecule has 8 heteroatoms. The van der Waals surface area contributed by atoms with Crippen LogP contribution < -0.4 is 15.0 Å². The van der Waals surface area contributed by atoms with Gasteiger partial charge in [0, 0.05) is 20.6 Å². The molecular formula is C26H20BrClN2O4. The molecular weight excluding hydrogens is 520 g/mol. The number of imide groups is 2. The molecule has 4 amide bonds. The van der Waals surface area contributed by atoms with E-state index in [2.05, 4.69) is 21.2 Å². The Labute approximate surface area is 210 Å². The predicted molar refractivity (Wildman–Crippen MR) is 135 cm³/mol. The molecule has 0 atom stereocenters. The minimum Gasteiger partial charge on any atom is -0.488 e. The quantitative estimate of drug-likeness (QED) is 0.320. The largest absolute Gasteiger partial charge is 0.488 e. The first kappa shape index (κ1) is 23.7. The number of barbiturate groups is 1. The zero-order valence-electron chi connectivity index (χ0n) is 18.4. The van der Waals surface area contributed by atoms with Crippen molar-refractivity contribution in [2.75, 3.05) is 4.90 Å². The average molecular weight is 540 g/mol. The topological polar surface area (TPSA) is 75.7 Å². The van der Waals surface area contributed by atoms with E-state index in [1.807, 2.05) is 31.2 Å². The van der Waals surface area contributed by atoms with Gasteiger partial charge < -0.3 is 4.74 Å². The lowest BCUT2D eigenvalue weighted by atomic mass is 10.0. The van der Waals surface area contributed by atoms with Crippen molar-refractivity contribution in [1.29, 1.82) is 0 Å². The second-order valence-corrected chi connectivity index (χ2v) is 9.13. The molecule has 1 N–H and O–H groups in total. The summed E-state index contributed by atoms with van der Waals surface area (Å²) in [5, 5.41) is 2.83. The first-order chi connectivity index (χ1) is 16.2. The van der Waals surface area contributed by atoms with E-state index in [0.29, 0.717) is 22.0 Å². The van der Waals surface area contributed by atoms with E-state index in [-0.39, 0.29) is 12.2 Å². The summed E-state index contributed by atoms with van der Waals surface area (Å²) in [6.07, 6.45) is 1.42. The van der Waals surface area contributed by atoms with Crippen molar-refractivity contribution in [3.63, 3.8) is 0 Å². The smallest absolute Gasteiger partial charge is 0.335 e. The second kappa shape index (κ2) is 9.83. The summed E-state index contributed by atoms with van der Waals surface area (Å²) < 4.78 is 6.69. The molecule has 0 spiro atoms. The Morgan fingerprint density at radius 3 is 2.53 bits per heavy atom. The van der Waals surface area contributed by atoms with Crippen LogP contribution in [0.15, 0.2) is 70.7 Å². The molecule has 6 nitrogen and oxygen atoms in total. The maximum absolute atomic E-state index is 13.3. The molecule has 3 aromatic rings. The van der Waals surface area contributed by atoms with E-state index >= 15 is 0 Å². The SMILES string of the molecule is Cc1ccc(N2C(=O)NC(=O)/C(=C\c3cc(Br)ccc3OCc3ccccc3Cl)C2=O)c(C)c1. The number of hydrogen-bond donors (Lipinski definition) is 1. The van der Waals surface area contributed by atoms with Crippen molar-refractivity contribution >= 4 is 57.1 Å². The van der Waals surface area contributed by atoms with Gasteiger partial charge in [0.1, 0.15) is 17.9 Å². The van der Waals surface area contributed by atoms with Gasteiger partial charge in [0.05, 0.1) is 5.69 Å². The van der Waals surface area contributed by atoms with Gasteiger partial charge in [-0.1, -0.05) is 63.4 Å². The number of nitrogens with zero attached hydrogens (tertiary/aromatic N) is 1. The highest BCUT2D eigenvalue weighted by Gasteiger charge is 2.37. The first-order valence-corrected chi connectivity index (χ1v) is 11.6. The van der Waals surface area contributed by atoms with Crippen LogP contribution >= 0.6 is 27.5 Å². The molecule has 4 rings (SSSR count). The van der Waals surface area contributed by atoms with Crippen molar-refractivity contribution in [2.45, 2.75) is 20.5 Å². The molecule has 0 bridgehead atoms. The number of anilines is 1. The van der Waals surface area contributed by atoms with Crippen molar-refractivity contribution in [1.82, 2.24) is 5.32 Å². The van der Waals surface area contributed by atoms with Crippen molar-refractivity contribution < 1.29 is 19.1 Å². The Morgan fingerprint density at radius 1 is 1.03 bits per heavy atom. The van der Waals surface area contributed by atoms with E-state index < -0.39 is 17.8 Å². The number of halogens is 2. The van der Waals surface area contributed by atoms with E-state index in [4.69, 9.17) is 16.3 Å². The van der Waals surface area contributed by atoms with Crippen LogP contribution in [0, 0.1) is 13.8 Å². The molecule has 1 saturated heterocycles. The summed E-state index contributed by atoms with van der Waals surface area (Å²) in [7, 11) is 0. The van der Waals surface area contributed by atoms with Crippen molar-refractivity contribution in [3.05, 3.63) is 98.0 Å². The Bertz CT molecular complexity index is 1350. The van der Waals surface area contributed by atoms with Gasteiger partial charge in [0.25, 0.3) is 11.8 Å². The molecule has 0 aliphatic carbocycles. The fraction of sp³-hybridized carbons (Fsp3) is 0.115. The number of urea groups is 1. The van der Waals surface area contributed by atoms with Crippen LogP contribution in [0.1, 0.15) is 22.3 Å². The lowest BCUT2D eigenvalue weighted by Gasteiger charge is -2.27. The Balaban J connectivity index is 1.70. The fourth-order valence-corrected chi connectivity index (χ4v) is 4.19. The van der Waals surface area contributed by atoms with E-state index in [1.165, 1.54) is 6.08 Å². The molecule has 172 valence electrons. The summed E-state index contributed by atoms with van der Waals surface area (Å²) in [4.78, 5) is 39.5. The molecule has 0 saturated carbocycles. The van der Waals surface area contributed by atoms with E-state index in [1.54, 1.807) is 43.3 Å². The van der Waals surface area contributed by atoms with Crippen molar-refractivity contribution in [2.24, 2.45) is 0 Å². The lowest BCUT2D eigenvalue weighted by molar-refractivity contribution is -0.122. The first-order valence-electron chi connectivity index (χ1n) is 10.4. The van der Waals surface area contributed by atoms with Gasteiger partial charge in [-0.3, -0.25) is 14.9 Å². The molecule has 1 aliphatic heterocycles. The summed E-state index contributed by atoms with van der Waals surface area (Å²) in [5.41, 5.74) is 3.26. The number of aryl methyl sites for hydroxylation is 2. The number of hydrogen-bond acceptors (Lipinski definition) is 4. The normalized spacial score (nSPS) is 15.0. The summed E-state index contributed by atoms with van der Waals surface area (Å²) in [6, 6.07) is 17.1. The minimum absolute atomic E-state index is 0.180. The molecule has 3 aromatic carbocycles. The fourth-order valence-electron chi connectivity index (χ4n) is 3.62. The monoisotopic (exact) mass is 538 g/mol. The van der Waals surface area contributed by atoms with Gasteiger partial charge in [-0.05, 0) is 55.8 Å². The van der Waals surface area contributed by atoms with Gasteiger partial charge >= 0.3 is 6.03 Å². The molecule has 1 heterocycles. The molecule has 0 aromatic heterocycles. The van der Waals surface area contributed by atoms with Gasteiger partial charge in [-0.15, -0.1) is 0 Å². The maximum atomic E-state index is 13.3. The highest BCUT2D eigenvalue weighted by atomic mass is 79.9. The van der Waals surface area contributed by atoms with Crippen molar-refractivity contribution in [3.8, 4) is 5.75 Å². The zero-order valence-corrected chi connectivity index (χ0v) is 20.7. The van der Waals surface area contributed by atoms with E-state index in [9.17, 15) is 14.4 Å². The molecule has 1 fully saturated rings. The Hall–Kier alpha value is -3.42.